The van der Waals surface area contributed by atoms with Crippen LogP contribution in [0.5, 0.6) is 0 Å². The number of fused-ring (bicyclic) bond motifs is 1. The molecule has 1 saturated heterocycles. The molecule has 2 aliphatic rings. The molecule has 1 heterocycles. The molecule has 3 atom stereocenters. The van der Waals surface area contributed by atoms with Crippen LogP contribution in [0.3, 0.4) is 0 Å². The van der Waals surface area contributed by atoms with Crippen LogP contribution in [0.2, 0.25) is 0 Å². The van der Waals surface area contributed by atoms with Gasteiger partial charge in [-0.1, -0.05) is 0 Å². The summed E-state index contributed by atoms with van der Waals surface area (Å²) in [6.45, 7) is 1.20. The van der Waals surface area contributed by atoms with Gasteiger partial charge in [0, 0.05) is 6.04 Å². The molecule has 1 saturated carbocycles. The number of rotatable bonds is 0. The zero-order valence-electron chi connectivity index (χ0n) is 6.95. The van der Waals surface area contributed by atoms with Crippen LogP contribution in [0.15, 0.2) is 0 Å². The van der Waals surface area contributed by atoms with E-state index >= 15 is 0 Å². The summed E-state index contributed by atoms with van der Waals surface area (Å²) < 4.78 is 0. The first-order chi connectivity index (χ1) is 5.33. The third-order valence-corrected chi connectivity index (χ3v) is 3.27. The zero-order valence-corrected chi connectivity index (χ0v) is 6.95. The molecule has 2 heteroatoms. The minimum Gasteiger partial charge on any atom is -0.302 e. The molecule has 1 aliphatic carbocycles. The third kappa shape index (κ3) is 0.954. The minimum absolute atomic E-state index is 0.326. The van der Waals surface area contributed by atoms with E-state index in [4.69, 9.17) is 5.26 Å². The Bertz CT molecular complexity index is 194. The van der Waals surface area contributed by atoms with Crippen molar-refractivity contribution in [2.24, 2.45) is 11.8 Å². The van der Waals surface area contributed by atoms with Crippen molar-refractivity contribution in [3.05, 3.63) is 0 Å². The fourth-order valence-corrected chi connectivity index (χ4v) is 2.71. The number of likely N-dealkylation sites (tertiary alicyclic amines) is 1. The Balaban J connectivity index is 2.15. The fraction of sp³-hybridized carbons (Fsp3) is 0.889. The lowest BCUT2D eigenvalue weighted by Crippen LogP contribution is -2.31. The van der Waals surface area contributed by atoms with E-state index in [2.05, 4.69) is 18.0 Å². The molecule has 0 aromatic rings. The predicted octanol–water partition coefficient (Wildman–Crippen LogP) is 1.24. The van der Waals surface area contributed by atoms with Crippen LogP contribution in [-0.4, -0.2) is 24.5 Å². The van der Waals surface area contributed by atoms with Gasteiger partial charge < -0.3 is 4.90 Å². The van der Waals surface area contributed by atoms with Crippen LogP contribution >= 0.6 is 0 Å². The average Bonchev–Trinajstić information content (AvgIpc) is 2.54. The highest BCUT2D eigenvalue weighted by atomic mass is 15.2. The fourth-order valence-electron chi connectivity index (χ4n) is 2.71. The average molecular weight is 150 g/mol. The largest absolute Gasteiger partial charge is 0.302 e. The lowest BCUT2D eigenvalue weighted by Gasteiger charge is -2.20. The second-order valence-corrected chi connectivity index (χ2v) is 3.83. The van der Waals surface area contributed by atoms with Crippen LogP contribution in [-0.2, 0) is 0 Å². The van der Waals surface area contributed by atoms with E-state index in [0.717, 1.165) is 12.3 Å². The van der Waals surface area contributed by atoms with Crippen LogP contribution in [0, 0.1) is 23.2 Å². The highest BCUT2D eigenvalue weighted by Gasteiger charge is 2.42. The highest BCUT2D eigenvalue weighted by molar-refractivity contribution is 5.03. The topological polar surface area (TPSA) is 27.0 Å². The molecule has 0 radical (unpaired) electrons. The van der Waals surface area contributed by atoms with E-state index in [1.54, 1.807) is 0 Å². The first-order valence-corrected chi connectivity index (χ1v) is 4.43. The molecule has 2 fully saturated rings. The first kappa shape index (κ1) is 7.12. The van der Waals surface area contributed by atoms with Crippen molar-refractivity contribution in [3.63, 3.8) is 0 Å². The van der Waals surface area contributed by atoms with Gasteiger partial charge in [0.25, 0.3) is 0 Å². The SMILES string of the molecule is CN1CC[C@H]2CC[C@@H](C#N)[C@H]21. The van der Waals surface area contributed by atoms with Crippen LogP contribution in [0.25, 0.3) is 0 Å². The van der Waals surface area contributed by atoms with E-state index in [0.29, 0.717) is 12.0 Å². The van der Waals surface area contributed by atoms with Gasteiger partial charge in [0.05, 0.1) is 12.0 Å². The summed E-state index contributed by atoms with van der Waals surface area (Å²) in [7, 11) is 2.15. The molecule has 60 valence electrons. The summed E-state index contributed by atoms with van der Waals surface area (Å²) in [5.74, 6) is 1.16. The van der Waals surface area contributed by atoms with Gasteiger partial charge in [-0.15, -0.1) is 0 Å². The molecule has 11 heavy (non-hydrogen) atoms. The molecule has 0 aromatic heterocycles. The van der Waals surface area contributed by atoms with Crippen molar-refractivity contribution in [3.8, 4) is 6.07 Å². The van der Waals surface area contributed by atoms with E-state index < -0.39 is 0 Å². The molecular weight excluding hydrogens is 136 g/mol. The molecule has 1 aliphatic heterocycles. The van der Waals surface area contributed by atoms with Crippen molar-refractivity contribution < 1.29 is 0 Å². The molecule has 0 bridgehead atoms. The zero-order chi connectivity index (χ0) is 7.84. The Hall–Kier alpha value is -0.550. The van der Waals surface area contributed by atoms with Gasteiger partial charge in [-0.05, 0) is 38.8 Å². The van der Waals surface area contributed by atoms with E-state index in [-0.39, 0.29) is 0 Å². The van der Waals surface area contributed by atoms with Crippen molar-refractivity contribution >= 4 is 0 Å². The lowest BCUT2D eigenvalue weighted by atomic mass is 10.0. The standard InChI is InChI=1S/C9H14N2/c1-11-5-4-7-2-3-8(6-10)9(7)11/h7-9H,2-5H2,1H3/t7-,8+,9+/m1/s1. The maximum atomic E-state index is 8.85. The van der Waals surface area contributed by atoms with Gasteiger partial charge >= 0.3 is 0 Å². The molecule has 0 spiro atoms. The lowest BCUT2D eigenvalue weighted by molar-refractivity contribution is 0.263. The highest BCUT2D eigenvalue weighted by Crippen LogP contribution is 2.40. The van der Waals surface area contributed by atoms with Gasteiger partial charge in [0.2, 0.25) is 0 Å². The summed E-state index contributed by atoms with van der Waals surface area (Å²) >= 11 is 0. The smallest absolute Gasteiger partial charge is 0.0672 e. The Morgan fingerprint density at radius 1 is 1.36 bits per heavy atom. The second kappa shape index (κ2) is 2.49. The number of nitrogens with zero attached hydrogens (tertiary/aromatic N) is 2. The van der Waals surface area contributed by atoms with Crippen molar-refractivity contribution in [1.82, 2.24) is 4.90 Å². The molecule has 0 amide bonds. The van der Waals surface area contributed by atoms with Crippen molar-refractivity contribution in [2.75, 3.05) is 13.6 Å². The minimum atomic E-state index is 0.326. The number of nitriles is 1. The molecule has 2 nitrogen and oxygen atoms in total. The van der Waals surface area contributed by atoms with E-state index in [1.807, 2.05) is 0 Å². The Morgan fingerprint density at radius 3 is 2.91 bits per heavy atom. The van der Waals surface area contributed by atoms with Gasteiger partial charge in [0.15, 0.2) is 0 Å². The molecule has 2 rings (SSSR count). The maximum absolute atomic E-state index is 8.85. The summed E-state index contributed by atoms with van der Waals surface area (Å²) in [6, 6.07) is 3.02. The summed E-state index contributed by atoms with van der Waals surface area (Å²) in [5, 5.41) is 8.85. The van der Waals surface area contributed by atoms with Crippen LogP contribution < -0.4 is 0 Å². The molecule has 0 aromatic carbocycles. The number of hydrogen-bond acceptors (Lipinski definition) is 2. The van der Waals surface area contributed by atoms with Crippen LogP contribution in [0.1, 0.15) is 19.3 Å². The van der Waals surface area contributed by atoms with Crippen molar-refractivity contribution in [2.45, 2.75) is 25.3 Å². The Kier molecular flexibility index (Phi) is 1.61. The summed E-state index contributed by atoms with van der Waals surface area (Å²) in [4.78, 5) is 2.37. The normalized spacial score (nSPS) is 43.8. The maximum Gasteiger partial charge on any atom is 0.0672 e. The number of hydrogen-bond donors (Lipinski definition) is 0. The van der Waals surface area contributed by atoms with Gasteiger partial charge in [0.1, 0.15) is 0 Å². The van der Waals surface area contributed by atoms with Gasteiger partial charge in [-0.25, -0.2) is 0 Å². The van der Waals surface area contributed by atoms with Crippen LogP contribution in [0.4, 0.5) is 0 Å². The second-order valence-electron chi connectivity index (χ2n) is 3.83. The van der Waals surface area contributed by atoms with Crippen molar-refractivity contribution in [1.29, 1.82) is 5.26 Å². The van der Waals surface area contributed by atoms with E-state index in [1.165, 1.54) is 19.4 Å². The molecule has 0 N–H and O–H groups in total. The monoisotopic (exact) mass is 150 g/mol. The molecular formula is C9H14N2. The Morgan fingerprint density at radius 2 is 2.18 bits per heavy atom. The van der Waals surface area contributed by atoms with Gasteiger partial charge in [-0.3, -0.25) is 0 Å². The summed E-state index contributed by atoms with van der Waals surface area (Å²) in [5.41, 5.74) is 0. The third-order valence-electron chi connectivity index (χ3n) is 3.27. The quantitative estimate of drug-likeness (QED) is 0.519. The van der Waals surface area contributed by atoms with E-state index in [9.17, 15) is 0 Å². The Labute approximate surface area is 67.8 Å². The predicted molar refractivity (Wildman–Crippen MR) is 42.9 cm³/mol. The molecule has 0 unspecified atom stereocenters. The first-order valence-electron chi connectivity index (χ1n) is 4.43. The summed E-state index contributed by atoms with van der Waals surface area (Å²) in [6.07, 6.45) is 3.74. The van der Waals surface area contributed by atoms with Gasteiger partial charge in [-0.2, -0.15) is 5.26 Å².